The lowest BCUT2D eigenvalue weighted by molar-refractivity contribution is 0.0913. The molecule has 0 saturated carbocycles. The summed E-state index contributed by atoms with van der Waals surface area (Å²) in [6.07, 6.45) is -0.232. The van der Waals surface area contributed by atoms with Gasteiger partial charge in [-0.3, -0.25) is 4.99 Å². The molecule has 0 bridgehead atoms. The maximum absolute atomic E-state index is 11.6. The third-order valence-corrected chi connectivity index (χ3v) is 2.91. The van der Waals surface area contributed by atoms with Gasteiger partial charge in [-0.05, 0) is 6.92 Å². The molecule has 7 nitrogen and oxygen atoms in total. The first-order chi connectivity index (χ1) is 9.22. The van der Waals surface area contributed by atoms with E-state index in [4.69, 9.17) is 9.47 Å². The molecule has 0 radical (unpaired) electrons. The lowest BCUT2D eigenvalue weighted by Crippen LogP contribution is -2.54. The molecule has 1 amide bonds. The van der Waals surface area contributed by atoms with Crippen molar-refractivity contribution in [3.63, 3.8) is 0 Å². The first-order valence-electron chi connectivity index (χ1n) is 6.59. The molecule has 20 heavy (non-hydrogen) atoms. The lowest BCUT2D eigenvalue weighted by atomic mass is 10.3. The average Bonchev–Trinajstić information content (AvgIpc) is 2.44. The minimum Gasteiger partial charge on any atom is -0.450 e. The lowest BCUT2D eigenvalue weighted by Gasteiger charge is -2.35. The van der Waals surface area contributed by atoms with Crippen LogP contribution in [0.4, 0.5) is 4.79 Å². The SMILES string of the molecule is CCOC(=O)N1CCN(C(=NC)NCCOC)CC1.I. The van der Waals surface area contributed by atoms with E-state index in [1.807, 2.05) is 6.92 Å². The fourth-order valence-electron chi connectivity index (χ4n) is 1.91. The van der Waals surface area contributed by atoms with E-state index in [-0.39, 0.29) is 30.1 Å². The molecular formula is C12H25IN4O3. The molecule has 8 heteroatoms. The van der Waals surface area contributed by atoms with Crippen LogP contribution in [0.2, 0.25) is 0 Å². The van der Waals surface area contributed by atoms with E-state index in [2.05, 4.69) is 15.2 Å². The van der Waals surface area contributed by atoms with Crippen LogP contribution >= 0.6 is 24.0 Å². The Morgan fingerprint density at radius 2 is 1.85 bits per heavy atom. The van der Waals surface area contributed by atoms with Crippen molar-refractivity contribution in [2.45, 2.75) is 6.92 Å². The fourth-order valence-corrected chi connectivity index (χ4v) is 1.91. The van der Waals surface area contributed by atoms with Crippen molar-refractivity contribution in [1.82, 2.24) is 15.1 Å². The van der Waals surface area contributed by atoms with Crippen molar-refractivity contribution >= 4 is 36.0 Å². The molecule has 0 spiro atoms. The molecule has 0 aromatic carbocycles. The van der Waals surface area contributed by atoms with Gasteiger partial charge in [-0.2, -0.15) is 0 Å². The number of carbonyl (C=O) groups excluding carboxylic acids is 1. The first kappa shape index (κ1) is 19.2. The van der Waals surface area contributed by atoms with E-state index in [0.29, 0.717) is 26.3 Å². The normalized spacial score (nSPS) is 15.7. The Hall–Kier alpha value is -0.770. The maximum atomic E-state index is 11.6. The second-order valence-corrected chi connectivity index (χ2v) is 4.14. The summed E-state index contributed by atoms with van der Waals surface area (Å²) >= 11 is 0. The van der Waals surface area contributed by atoms with Gasteiger partial charge < -0.3 is 24.6 Å². The molecule has 1 heterocycles. The van der Waals surface area contributed by atoms with E-state index >= 15 is 0 Å². The second-order valence-electron chi connectivity index (χ2n) is 4.14. The van der Waals surface area contributed by atoms with Crippen molar-refractivity contribution in [2.75, 3.05) is 60.1 Å². The summed E-state index contributed by atoms with van der Waals surface area (Å²) in [6, 6.07) is 0. The third kappa shape index (κ3) is 6.12. The number of halogens is 1. The summed E-state index contributed by atoms with van der Waals surface area (Å²) in [5.74, 6) is 0.848. The zero-order valence-electron chi connectivity index (χ0n) is 12.4. The summed E-state index contributed by atoms with van der Waals surface area (Å²) < 4.78 is 9.98. The molecule has 0 unspecified atom stereocenters. The molecule has 0 aliphatic carbocycles. The molecule has 1 aliphatic rings. The Kier molecular flexibility index (Phi) is 10.5. The quantitative estimate of drug-likeness (QED) is 0.324. The highest BCUT2D eigenvalue weighted by Crippen LogP contribution is 2.04. The van der Waals surface area contributed by atoms with Gasteiger partial charge >= 0.3 is 6.09 Å². The van der Waals surface area contributed by atoms with Gasteiger partial charge in [0.1, 0.15) is 0 Å². The van der Waals surface area contributed by atoms with Crippen LogP contribution in [0.1, 0.15) is 6.92 Å². The first-order valence-corrected chi connectivity index (χ1v) is 6.59. The summed E-state index contributed by atoms with van der Waals surface area (Å²) in [6.45, 7) is 6.42. The Balaban J connectivity index is 0.00000361. The molecule has 0 atom stereocenters. The predicted octanol–water partition coefficient (Wildman–Crippen LogP) is 0.600. The minimum atomic E-state index is -0.232. The van der Waals surface area contributed by atoms with Crippen LogP contribution < -0.4 is 5.32 Å². The zero-order valence-corrected chi connectivity index (χ0v) is 14.8. The molecule has 118 valence electrons. The summed E-state index contributed by atoms with van der Waals surface area (Å²) in [5, 5.41) is 3.23. The van der Waals surface area contributed by atoms with Gasteiger partial charge in [0.15, 0.2) is 5.96 Å². The second kappa shape index (κ2) is 11.0. The highest BCUT2D eigenvalue weighted by Gasteiger charge is 2.23. The van der Waals surface area contributed by atoms with Gasteiger partial charge in [-0.1, -0.05) is 0 Å². The molecule has 1 rings (SSSR count). The third-order valence-electron chi connectivity index (χ3n) is 2.91. The minimum absolute atomic E-state index is 0. The predicted molar refractivity (Wildman–Crippen MR) is 88.8 cm³/mol. The highest BCUT2D eigenvalue weighted by atomic mass is 127. The molecule has 1 fully saturated rings. The number of nitrogens with zero attached hydrogens (tertiary/aromatic N) is 3. The standard InChI is InChI=1S/C12H24N4O3.HI/c1-4-19-12(17)16-8-6-15(7-9-16)11(13-2)14-5-10-18-3;/h4-10H2,1-3H3,(H,13,14);1H. The van der Waals surface area contributed by atoms with E-state index in [0.717, 1.165) is 25.6 Å². The summed E-state index contributed by atoms with van der Waals surface area (Å²) in [4.78, 5) is 19.7. The number of piperazine rings is 1. The van der Waals surface area contributed by atoms with Crippen LogP contribution in [0.3, 0.4) is 0 Å². The molecule has 1 aliphatic heterocycles. The largest absolute Gasteiger partial charge is 0.450 e. The monoisotopic (exact) mass is 400 g/mol. The van der Waals surface area contributed by atoms with Crippen molar-refractivity contribution < 1.29 is 14.3 Å². The molecule has 0 aromatic heterocycles. The number of hydrogen-bond donors (Lipinski definition) is 1. The Labute approximate surface area is 137 Å². The summed E-state index contributed by atoms with van der Waals surface area (Å²) in [7, 11) is 3.43. The molecule has 0 aromatic rings. The van der Waals surface area contributed by atoms with Crippen LogP contribution in [0.25, 0.3) is 0 Å². The van der Waals surface area contributed by atoms with Crippen LogP contribution in [0.15, 0.2) is 4.99 Å². The van der Waals surface area contributed by atoms with E-state index in [1.54, 1.807) is 19.1 Å². The van der Waals surface area contributed by atoms with Gasteiger partial charge in [0.2, 0.25) is 0 Å². The highest BCUT2D eigenvalue weighted by molar-refractivity contribution is 14.0. The summed E-state index contributed by atoms with van der Waals surface area (Å²) in [5.41, 5.74) is 0. The zero-order chi connectivity index (χ0) is 14.1. The number of aliphatic imine (C=N–C) groups is 1. The van der Waals surface area contributed by atoms with E-state index < -0.39 is 0 Å². The Bertz CT molecular complexity index is 307. The van der Waals surface area contributed by atoms with Gasteiger partial charge in [-0.15, -0.1) is 24.0 Å². The smallest absolute Gasteiger partial charge is 0.409 e. The fraction of sp³-hybridized carbons (Fsp3) is 0.833. The maximum Gasteiger partial charge on any atom is 0.409 e. The molecule has 1 saturated heterocycles. The van der Waals surface area contributed by atoms with Crippen molar-refractivity contribution in [2.24, 2.45) is 4.99 Å². The van der Waals surface area contributed by atoms with Gasteiger partial charge in [-0.25, -0.2) is 4.79 Å². The number of nitrogens with one attached hydrogen (secondary N) is 1. The number of carbonyl (C=O) groups is 1. The van der Waals surface area contributed by atoms with Crippen molar-refractivity contribution in [3.8, 4) is 0 Å². The topological polar surface area (TPSA) is 66.4 Å². The Morgan fingerprint density at radius 3 is 2.35 bits per heavy atom. The molecule has 1 N–H and O–H groups in total. The number of ether oxygens (including phenoxy) is 2. The van der Waals surface area contributed by atoms with Crippen LogP contribution in [-0.4, -0.2) is 81.9 Å². The molecular weight excluding hydrogens is 375 g/mol. The van der Waals surface area contributed by atoms with E-state index in [9.17, 15) is 4.79 Å². The van der Waals surface area contributed by atoms with Gasteiger partial charge in [0, 0.05) is 46.9 Å². The van der Waals surface area contributed by atoms with Gasteiger partial charge in [0.25, 0.3) is 0 Å². The van der Waals surface area contributed by atoms with Crippen molar-refractivity contribution in [3.05, 3.63) is 0 Å². The number of amides is 1. The number of guanidine groups is 1. The van der Waals surface area contributed by atoms with E-state index in [1.165, 1.54) is 0 Å². The number of rotatable bonds is 4. The van der Waals surface area contributed by atoms with Crippen LogP contribution in [0, 0.1) is 0 Å². The van der Waals surface area contributed by atoms with Crippen LogP contribution in [-0.2, 0) is 9.47 Å². The van der Waals surface area contributed by atoms with Crippen molar-refractivity contribution in [1.29, 1.82) is 0 Å². The average molecular weight is 400 g/mol. The number of methoxy groups -OCH3 is 1. The van der Waals surface area contributed by atoms with Crippen LogP contribution in [0.5, 0.6) is 0 Å². The van der Waals surface area contributed by atoms with Gasteiger partial charge in [0.05, 0.1) is 13.2 Å². The Morgan fingerprint density at radius 1 is 1.25 bits per heavy atom. The number of hydrogen-bond acceptors (Lipinski definition) is 4.